The Morgan fingerprint density at radius 3 is 3.06 bits per heavy atom. The molecule has 0 aliphatic heterocycles. The molecule has 2 aromatic heterocycles. The van der Waals surface area contributed by atoms with Crippen LogP contribution in [-0.4, -0.2) is 27.5 Å². The number of aromatic nitrogens is 2. The lowest BCUT2D eigenvalue weighted by atomic mass is 10.3. The van der Waals surface area contributed by atoms with Crippen LogP contribution in [0, 0.1) is 0 Å². The molecule has 0 bridgehead atoms. The molecule has 0 radical (unpaired) electrons. The van der Waals surface area contributed by atoms with Crippen LogP contribution in [0.25, 0.3) is 10.9 Å². The van der Waals surface area contributed by atoms with Gasteiger partial charge < -0.3 is 15.4 Å². The van der Waals surface area contributed by atoms with E-state index in [0.717, 1.165) is 0 Å². The Kier molecular flexibility index (Phi) is 2.82. The average molecular weight is 284 g/mol. The Morgan fingerprint density at radius 1 is 1.69 bits per heavy atom. The summed E-state index contributed by atoms with van der Waals surface area (Å²) < 4.78 is 0.704. The summed E-state index contributed by atoms with van der Waals surface area (Å²) in [5.74, 6) is -0.296. The van der Waals surface area contributed by atoms with Crippen molar-refractivity contribution >= 4 is 32.7 Å². The predicted molar refractivity (Wildman–Crippen MR) is 63.5 cm³/mol. The van der Waals surface area contributed by atoms with Gasteiger partial charge in [0, 0.05) is 12.7 Å². The number of aromatic amines is 1. The van der Waals surface area contributed by atoms with E-state index in [9.17, 15) is 9.90 Å². The molecule has 3 N–H and O–H groups in total. The van der Waals surface area contributed by atoms with Crippen molar-refractivity contribution in [2.24, 2.45) is 0 Å². The maximum atomic E-state index is 11.6. The molecule has 0 spiro atoms. The van der Waals surface area contributed by atoms with E-state index in [1.807, 2.05) is 6.92 Å². The SMILES string of the molecule is CCNC(=O)c1cc2c(O)ncc(Br)c2[nH]1. The van der Waals surface area contributed by atoms with Gasteiger partial charge >= 0.3 is 0 Å². The third-order valence-electron chi connectivity index (χ3n) is 2.18. The molecule has 0 aliphatic rings. The van der Waals surface area contributed by atoms with Gasteiger partial charge in [0.1, 0.15) is 5.69 Å². The number of halogens is 1. The molecule has 2 rings (SSSR count). The number of pyridine rings is 1. The van der Waals surface area contributed by atoms with Crippen molar-refractivity contribution in [2.75, 3.05) is 6.54 Å². The number of hydrogen-bond acceptors (Lipinski definition) is 3. The molecule has 84 valence electrons. The molecule has 0 saturated heterocycles. The van der Waals surface area contributed by atoms with Crippen LogP contribution in [0.2, 0.25) is 0 Å². The molecule has 0 atom stereocenters. The number of nitrogens with zero attached hydrogens (tertiary/aromatic N) is 1. The minimum Gasteiger partial charge on any atom is -0.493 e. The van der Waals surface area contributed by atoms with E-state index in [4.69, 9.17) is 0 Å². The molecule has 2 aromatic rings. The lowest BCUT2D eigenvalue weighted by Crippen LogP contribution is -2.22. The molecule has 16 heavy (non-hydrogen) atoms. The summed E-state index contributed by atoms with van der Waals surface area (Å²) in [7, 11) is 0. The molecular formula is C10H10BrN3O2. The Hall–Kier alpha value is -1.56. The standard InChI is InChI=1S/C10H10BrN3O2/c1-2-12-10(16)7-3-5-8(14-7)6(11)4-13-9(5)15/h3-4,14H,2H2,1H3,(H,12,16)(H,13,15). The van der Waals surface area contributed by atoms with Gasteiger partial charge in [-0.05, 0) is 28.9 Å². The molecule has 0 unspecified atom stereocenters. The van der Waals surface area contributed by atoms with Crippen LogP contribution in [0.15, 0.2) is 16.7 Å². The van der Waals surface area contributed by atoms with E-state index < -0.39 is 0 Å². The molecule has 0 aromatic carbocycles. The van der Waals surface area contributed by atoms with Gasteiger partial charge in [-0.25, -0.2) is 4.98 Å². The zero-order valence-electron chi connectivity index (χ0n) is 8.54. The van der Waals surface area contributed by atoms with Gasteiger partial charge in [-0.2, -0.15) is 0 Å². The largest absolute Gasteiger partial charge is 0.493 e. The molecule has 0 fully saturated rings. The summed E-state index contributed by atoms with van der Waals surface area (Å²) in [6.45, 7) is 2.40. The van der Waals surface area contributed by atoms with Gasteiger partial charge in [0.15, 0.2) is 0 Å². The lowest BCUT2D eigenvalue weighted by Gasteiger charge is -1.97. The topological polar surface area (TPSA) is 78.0 Å². The number of nitrogens with one attached hydrogen (secondary N) is 2. The van der Waals surface area contributed by atoms with Crippen LogP contribution in [0.4, 0.5) is 0 Å². The fourth-order valence-corrected chi connectivity index (χ4v) is 1.86. The van der Waals surface area contributed by atoms with Crippen molar-refractivity contribution in [1.82, 2.24) is 15.3 Å². The number of fused-ring (bicyclic) bond motifs is 1. The van der Waals surface area contributed by atoms with Crippen LogP contribution in [0.3, 0.4) is 0 Å². The number of rotatable bonds is 2. The Balaban J connectivity index is 2.55. The third kappa shape index (κ3) is 1.76. The molecular weight excluding hydrogens is 274 g/mol. The van der Waals surface area contributed by atoms with Crippen molar-refractivity contribution in [3.63, 3.8) is 0 Å². The monoisotopic (exact) mass is 283 g/mol. The Labute approximate surface area is 100 Å². The van der Waals surface area contributed by atoms with Crippen molar-refractivity contribution < 1.29 is 9.90 Å². The maximum absolute atomic E-state index is 11.6. The highest BCUT2D eigenvalue weighted by atomic mass is 79.9. The number of H-pyrrole nitrogens is 1. The first-order chi connectivity index (χ1) is 7.63. The highest BCUT2D eigenvalue weighted by molar-refractivity contribution is 9.10. The zero-order chi connectivity index (χ0) is 11.7. The van der Waals surface area contributed by atoms with Crippen LogP contribution in [-0.2, 0) is 0 Å². The molecule has 2 heterocycles. The first-order valence-electron chi connectivity index (χ1n) is 4.78. The zero-order valence-corrected chi connectivity index (χ0v) is 10.1. The van der Waals surface area contributed by atoms with Crippen LogP contribution in [0.1, 0.15) is 17.4 Å². The first-order valence-corrected chi connectivity index (χ1v) is 5.57. The van der Waals surface area contributed by atoms with Crippen molar-refractivity contribution in [3.8, 4) is 5.88 Å². The van der Waals surface area contributed by atoms with Crippen LogP contribution >= 0.6 is 15.9 Å². The average Bonchev–Trinajstić information content (AvgIpc) is 2.70. The normalized spacial score (nSPS) is 10.6. The molecule has 5 nitrogen and oxygen atoms in total. The minimum atomic E-state index is -0.204. The van der Waals surface area contributed by atoms with E-state index >= 15 is 0 Å². The van der Waals surface area contributed by atoms with Gasteiger partial charge in [0.2, 0.25) is 5.88 Å². The van der Waals surface area contributed by atoms with Gasteiger partial charge in [0.05, 0.1) is 15.4 Å². The quantitative estimate of drug-likeness (QED) is 0.786. The fraction of sp³-hybridized carbons (Fsp3) is 0.200. The van der Waals surface area contributed by atoms with E-state index in [1.165, 1.54) is 6.20 Å². The first kappa shape index (κ1) is 10.9. The van der Waals surface area contributed by atoms with Crippen LogP contribution < -0.4 is 5.32 Å². The minimum absolute atomic E-state index is 0.0926. The van der Waals surface area contributed by atoms with Gasteiger partial charge in [-0.3, -0.25) is 4.79 Å². The summed E-state index contributed by atoms with van der Waals surface area (Å²) in [6, 6.07) is 1.58. The van der Waals surface area contributed by atoms with Crippen molar-refractivity contribution in [2.45, 2.75) is 6.92 Å². The number of hydrogen-bond donors (Lipinski definition) is 3. The fourth-order valence-electron chi connectivity index (χ4n) is 1.45. The number of carbonyl (C=O) groups excluding carboxylic acids is 1. The summed E-state index contributed by atoms with van der Waals surface area (Å²) >= 11 is 3.30. The van der Waals surface area contributed by atoms with Gasteiger partial charge in [-0.15, -0.1) is 0 Å². The van der Waals surface area contributed by atoms with E-state index in [-0.39, 0.29) is 11.8 Å². The summed E-state index contributed by atoms with van der Waals surface area (Å²) in [5.41, 5.74) is 1.06. The van der Waals surface area contributed by atoms with Gasteiger partial charge in [-0.1, -0.05) is 0 Å². The van der Waals surface area contributed by atoms with E-state index in [1.54, 1.807) is 6.07 Å². The number of amides is 1. The summed E-state index contributed by atoms with van der Waals surface area (Å²) in [6.07, 6.45) is 1.48. The van der Waals surface area contributed by atoms with Crippen molar-refractivity contribution in [1.29, 1.82) is 0 Å². The Morgan fingerprint density at radius 2 is 2.44 bits per heavy atom. The Bertz CT molecular complexity index is 511. The summed E-state index contributed by atoms with van der Waals surface area (Å²) in [5, 5.41) is 12.7. The number of carbonyl (C=O) groups is 1. The molecule has 6 heteroatoms. The second-order valence-corrected chi connectivity index (χ2v) is 4.12. The second-order valence-electron chi connectivity index (χ2n) is 3.26. The predicted octanol–water partition coefficient (Wildman–Crippen LogP) is 1.78. The maximum Gasteiger partial charge on any atom is 0.267 e. The smallest absolute Gasteiger partial charge is 0.267 e. The third-order valence-corrected chi connectivity index (χ3v) is 2.78. The molecule has 0 saturated carbocycles. The molecule has 1 amide bonds. The highest BCUT2D eigenvalue weighted by Crippen LogP contribution is 2.28. The summed E-state index contributed by atoms with van der Waals surface area (Å²) in [4.78, 5) is 18.3. The number of aromatic hydroxyl groups is 1. The van der Waals surface area contributed by atoms with E-state index in [2.05, 4.69) is 31.2 Å². The van der Waals surface area contributed by atoms with Crippen LogP contribution in [0.5, 0.6) is 5.88 Å². The highest BCUT2D eigenvalue weighted by Gasteiger charge is 2.13. The van der Waals surface area contributed by atoms with Crippen molar-refractivity contribution in [3.05, 3.63) is 22.4 Å². The van der Waals surface area contributed by atoms with Gasteiger partial charge in [0.25, 0.3) is 5.91 Å². The second kappa shape index (κ2) is 4.13. The lowest BCUT2D eigenvalue weighted by molar-refractivity contribution is 0.0951. The molecule has 0 aliphatic carbocycles. The van der Waals surface area contributed by atoms with E-state index in [0.29, 0.717) is 27.6 Å².